The predicted molar refractivity (Wildman–Crippen MR) is 44.1 cm³/mol. The summed E-state index contributed by atoms with van der Waals surface area (Å²) in [5.41, 5.74) is 0. The Balaban J connectivity index is 0.000000720. The van der Waals surface area contributed by atoms with E-state index in [-0.39, 0.29) is 12.4 Å². The van der Waals surface area contributed by atoms with Crippen LogP contribution in [0.2, 0.25) is 3.14 Å². The van der Waals surface area contributed by atoms with Gasteiger partial charge >= 0.3 is 88.5 Å². The van der Waals surface area contributed by atoms with Crippen LogP contribution in [0.3, 0.4) is 0 Å². The van der Waals surface area contributed by atoms with E-state index in [1.165, 1.54) is 0 Å². The van der Waals surface area contributed by atoms with E-state index in [9.17, 15) is 0 Å². The second-order valence-corrected chi connectivity index (χ2v) is 8.10. The molecule has 0 spiro atoms. The molecule has 0 aromatic rings. The van der Waals surface area contributed by atoms with Crippen LogP contribution < -0.4 is 12.4 Å². The van der Waals surface area contributed by atoms with Crippen LogP contribution in [0.4, 0.5) is 0 Å². The zero-order valence-electron chi connectivity index (χ0n) is 6.65. The Labute approximate surface area is 99.6 Å². The summed E-state index contributed by atoms with van der Waals surface area (Å²) in [6, 6.07) is 0. The Morgan fingerprint density at radius 3 is 1.33 bits per heavy atom. The van der Waals surface area contributed by atoms with Crippen molar-refractivity contribution in [1.82, 2.24) is 0 Å². The number of halogens is 1. The quantitative estimate of drug-likeness (QED) is 0.668. The molecule has 0 nitrogen and oxygen atoms in total. The van der Waals surface area contributed by atoms with Gasteiger partial charge in [-0.05, 0) is 0 Å². The first-order chi connectivity index (χ1) is 5.45. The Bertz CT molecular complexity index is 201. The van der Waals surface area contributed by atoms with Crippen LogP contribution in [0, 0.1) is 36.7 Å². The van der Waals surface area contributed by atoms with E-state index >= 15 is 0 Å². The molecule has 2 aliphatic rings. The third-order valence-corrected chi connectivity index (χ3v) is 6.82. The van der Waals surface area contributed by atoms with Crippen molar-refractivity contribution in [3.05, 3.63) is 48.6 Å². The summed E-state index contributed by atoms with van der Waals surface area (Å²) >= 11 is -0.471. The van der Waals surface area contributed by atoms with Crippen LogP contribution in [-0.2, 0) is 0 Å². The molecule has 0 heterocycles. The number of allylic oxidation sites excluding steroid dienone is 8. The van der Waals surface area contributed by atoms with Gasteiger partial charge in [-0.25, -0.2) is 0 Å². The molecular weight excluding hydrogens is 300 g/mol. The van der Waals surface area contributed by atoms with E-state index in [1.807, 2.05) is 0 Å². The first-order valence-corrected chi connectivity index (χ1v) is 7.62. The second-order valence-electron chi connectivity index (χ2n) is 2.76. The van der Waals surface area contributed by atoms with Gasteiger partial charge in [0.15, 0.2) is 0 Å². The average Bonchev–Trinajstić information content (AvgIpc) is 2.60. The first-order valence-electron chi connectivity index (χ1n) is 3.91. The molecule has 0 fully saturated rings. The topological polar surface area (TPSA) is 0 Å². The molecule has 0 atom stereocenters. The van der Waals surface area contributed by atoms with Gasteiger partial charge < -0.3 is 12.4 Å². The Morgan fingerprint density at radius 2 is 1.00 bits per heavy atom. The maximum absolute atomic E-state index is 2.35. The van der Waals surface area contributed by atoms with E-state index in [1.54, 1.807) is 0 Å². The molecule has 12 heavy (non-hydrogen) atoms. The van der Waals surface area contributed by atoms with Gasteiger partial charge in [0.25, 0.3) is 0 Å². The normalized spacial score (nSPS) is 20.0. The summed E-state index contributed by atoms with van der Waals surface area (Å²) in [5, 5.41) is 0. The molecule has 0 aromatic heterocycles. The Hall–Kier alpha value is 0.601. The third-order valence-electron chi connectivity index (χ3n) is 1.88. The minimum Gasteiger partial charge on any atom is -1.00 e. The molecule has 0 radical (unpaired) electrons. The number of hydrogen-bond acceptors (Lipinski definition) is 0. The van der Waals surface area contributed by atoms with E-state index in [4.69, 9.17) is 0 Å². The van der Waals surface area contributed by atoms with Crippen molar-refractivity contribution < 1.29 is 49.1 Å². The summed E-state index contributed by atoms with van der Waals surface area (Å²) in [7, 11) is 0. The second kappa shape index (κ2) is 5.36. The summed E-state index contributed by atoms with van der Waals surface area (Å²) in [6.07, 6.45) is 18.1. The van der Waals surface area contributed by atoms with Gasteiger partial charge in [-0.1, -0.05) is 0 Å². The molecule has 0 unspecified atom stereocenters. The van der Waals surface area contributed by atoms with Crippen molar-refractivity contribution in [3.63, 3.8) is 0 Å². The molecular formula is C10H10ClNd. The fraction of sp³-hybridized carbons (Fsp3) is 0.200. The van der Waals surface area contributed by atoms with Gasteiger partial charge in [-0.15, -0.1) is 0 Å². The third kappa shape index (κ3) is 2.82. The van der Waals surface area contributed by atoms with Crippen molar-refractivity contribution in [1.29, 1.82) is 0 Å². The fourth-order valence-corrected chi connectivity index (χ4v) is 5.59. The fourth-order valence-electron chi connectivity index (χ4n) is 1.31. The summed E-state index contributed by atoms with van der Waals surface area (Å²) in [5.74, 6) is 0. The molecule has 2 heteroatoms. The van der Waals surface area contributed by atoms with Gasteiger partial charge in [0.05, 0.1) is 0 Å². The minimum absolute atomic E-state index is 0. The van der Waals surface area contributed by atoms with Gasteiger partial charge in [0.1, 0.15) is 0 Å². The zero-order chi connectivity index (χ0) is 7.52. The number of rotatable bonds is 2. The van der Waals surface area contributed by atoms with Crippen molar-refractivity contribution in [3.8, 4) is 0 Å². The van der Waals surface area contributed by atoms with Gasteiger partial charge in [-0.2, -0.15) is 0 Å². The molecule has 0 saturated carbocycles. The molecule has 0 aliphatic heterocycles. The first kappa shape index (κ1) is 10.7. The number of hydrogen-bond donors (Lipinski definition) is 0. The predicted octanol–water partition coefficient (Wildman–Crippen LogP) is -0.0956. The standard InChI is InChI=1S/2C5H5.ClH.Nd/c2*1-2-4-5-3-1;;/h2*1-5H;1H;/q;;;+1/p-1. The van der Waals surface area contributed by atoms with Crippen molar-refractivity contribution in [2.45, 2.75) is 3.14 Å². The Kier molecular flexibility index (Phi) is 4.77. The summed E-state index contributed by atoms with van der Waals surface area (Å²) < 4.78 is 1.74. The van der Waals surface area contributed by atoms with Gasteiger partial charge in [0, 0.05) is 0 Å². The van der Waals surface area contributed by atoms with E-state index < -0.39 is 36.7 Å². The van der Waals surface area contributed by atoms with Crippen molar-refractivity contribution >= 4 is 0 Å². The van der Waals surface area contributed by atoms with Crippen molar-refractivity contribution in [2.24, 2.45) is 0 Å². The minimum atomic E-state index is -0.471. The Morgan fingerprint density at radius 1 is 0.667 bits per heavy atom. The molecule has 2 rings (SSSR count). The monoisotopic (exact) mass is 307 g/mol. The van der Waals surface area contributed by atoms with Gasteiger partial charge in [0.2, 0.25) is 0 Å². The van der Waals surface area contributed by atoms with E-state index in [0.717, 1.165) is 3.14 Å². The van der Waals surface area contributed by atoms with Crippen LogP contribution in [0.15, 0.2) is 48.6 Å². The van der Waals surface area contributed by atoms with Crippen LogP contribution in [0.5, 0.6) is 0 Å². The molecule has 0 N–H and O–H groups in total. The summed E-state index contributed by atoms with van der Waals surface area (Å²) in [4.78, 5) is 0. The SMILES string of the molecule is C1=C[CH]([Nd+][CH]2C=CC=C2)C=C1.[Cl-]. The maximum atomic E-state index is 2.35. The molecule has 2 aliphatic carbocycles. The van der Waals surface area contributed by atoms with E-state index in [0.29, 0.717) is 0 Å². The molecule has 61 valence electrons. The van der Waals surface area contributed by atoms with Crippen molar-refractivity contribution in [2.75, 3.05) is 0 Å². The molecule has 0 amide bonds. The molecule has 0 bridgehead atoms. The largest absolute Gasteiger partial charge is 1.00 e. The summed E-state index contributed by atoms with van der Waals surface area (Å²) in [6.45, 7) is 0. The zero-order valence-corrected chi connectivity index (χ0v) is 10.6. The smallest absolute Gasteiger partial charge is 1.00 e. The van der Waals surface area contributed by atoms with Crippen LogP contribution in [0.1, 0.15) is 0 Å². The van der Waals surface area contributed by atoms with E-state index in [2.05, 4.69) is 48.6 Å². The van der Waals surface area contributed by atoms with Crippen LogP contribution >= 0.6 is 0 Å². The molecule has 0 saturated heterocycles. The average molecular weight is 310 g/mol. The van der Waals surface area contributed by atoms with Crippen LogP contribution in [0.25, 0.3) is 0 Å². The van der Waals surface area contributed by atoms with Gasteiger partial charge in [-0.3, -0.25) is 0 Å². The maximum Gasteiger partial charge on any atom is -1.00 e. The molecule has 0 aromatic carbocycles. The van der Waals surface area contributed by atoms with Crippen LogP contribution in [-0.4, -0.2) is 0 Å².